The fourth-order valence-electron chi connectivity index (χ4n) is 4.01. The molecule has 0 amide bonds. The minimum absolute atomic E-state index is 0.0720. The minimum atomic E-state index is -2.04. The van der Waals surface area contributed by atoms with Crippen molar-refractivity contribution in [3.8, 4) is 11.8 Å². The van der Waals surface area contributed by atoms with Gasteiger partial charge < -0.3 is 13.6 Å². The Morgan fingerprint density at radius 1 is 0.923 bits per heavy atom. The summed E-state index contributed by atoms with van der Waals surface area (Å²) in [5.41, 5.74) is 2.92. The van der Waals surface area contributed by atoms with Crippen LogP contribution in [-0.4, -0.2) is 55.0 Å². The highest BCUT2D eigenvalue weighted by molar-refractivity contribution is 6.74. The van der Waals surface area contributed by atoms with Crippen molar-refractivity contribution in [2.75, 3.05) is 6.61 Å². The van der Waals surface area contributed by atoms with Gasteiger partial charge in [-0.25, -0.2) is 15.0 Å². The summed E-state index contributed by atoms with van der Waals surface area (Å²) in [4.78, 5) is 13.6. The van der Waals surface area contributed by atoms with E-state index in [-0.39, 0.29) is 28.5 Å². The molecule has 1 aliphatic heterocycles. The lowest BCUT2D eigenvalue weighted by Gasteiger charge is -2.40. The van der Waals surface area contributed by atoms with Crippen LogP contribution in [0.25, 0.3) is 11.2 Å². The molecule has 0 radical (unpaired) electrons. The molecular weight excluding hydrogens is 521 g/mol. The SMILES string of the molecule is CC(C)(C)[Si](C)(C)OCC1OC(n2cnc3c(C#Cc4ccccc4)ncnc32)CC1O[Si](C)(C)C(C)(C)C. The Morgan fingerprint density at radius 3 is 2.23 bits per heavy atom. The summed E-state index contributed by atoms with van der Waals surface area (Å²) in [5, 5.41) is 0.215. The van der Waals surface area contributed by atoms with E-state index in [1.807, 2.05) is 34.9 Å². The largest absolute Gasteiger partial charge is 0.414 e. The second-order valence-electron chi connectivity index (χ2n) is 13.5. The first-order chi connectivity index (χ1) is 18.1. The number of benzene rings is 1. The summed E-state index contributed by atoms with van der Waals surface area (Å²) in [6, 6.07) is 9.87. The number of hydrogen-bond donors (Lipinski definition) is 0. The summed E-state index contributed by atoms with van der Waals surface area (Å²) in [5.74, 6) is 6.35. The Hall–Kier alpha value is -2.36. The summed E-state index contributed by atoms with van der Waals surface area (Å²) in [6.45, 7) is 23.3. The lowest BCUT2D eigenvalue weighted by Crippen LogP contribution is -2.48. The molecule has 1 aromatic carbocycles. The van der Waals surface area contributed by atoms with Gasteiger partial charge in [-0.2, -0.15) is 0 Å². The molecule has 3 aromatic rings. The normalized spacial score (nSPS) is 20.7. The smallest absolute Gasteiger partial charge is 0.192 e. The van der Waals surface area contributed by atoms with E-state index >= 15 is 0 Å². The summed E-state index contributed by atoms with van der Waals surface area (Å²) in [6.07, 6.45) is 3.54. The Kier molecular flexibility index (Phi) is 8.28. The van der Waals surface area contributed by atoms with Gasteiger partial charge in [-0.3, -0.25) is 4.57 Å². The van der Waals surface area contributed by atoms with Crippen molar-refractivity contribution in [1.82, 2.24) is 19.5 Å². The molecule has 4 rings (SSSR count). The van der Waals surface area contributed by atoms with Gasteiger partial charge in [0.25, 0.3) is 0 Å². The third-order valence-electron chi connectivity index (χ3n) is 8.62. The van der Waals surface area contributed by atoms with Gasteiger partial charge in [0.2, 0.25) is 0 Å². The van der Waals surface area contributed by atoms with E-state index in [1.165, 1.54) is 0 Å². The molecule has 0 spiro atoms. The second kappa shape index (κ2) is 10.9. The molecule has 1 saturated heterocycles. The van der Waals surface area contributed by atoms with Crippen molar-refractivity contribution in [1.29, 1.82) is 0 Å². The van der Waals surface area contributed by atoms with E-state index in [0.717, 1.165) is 5.56 Å². The van der Waals surface area contributed by atoms with Gasteiger partial charge in [-0.15, -0.1) is 0 Å². The van der Waals surface area contributed by atoms with Crippen LogP contribution in [0.5, 0.6) is 0 Å². The molecule has 39 heavy (non-hydrogen) atoms. The average molecular weight is 565 g/mol. The number of hydrogen-bond acceptors (Lipinski definition) is 6. The molecule has 7 nitrogen and oxygen atoms in total. The van der Waals surface area contributed by atoms with Crippen LogP contribution in [0.15, 0.2) is 43.0 Å². The van der Waals surface area contributed by atoms with Crippen molar-refractivity contribution < 1.29 is 13.6 Å². The molecule has 0 aliphatic carbocycles. The first-order valence-electron chi connectivity index (χ1n) is 13.8. The first-order valence-corrected chi connectivity index (χ1v) is 19.6. The van der Waals surface area contributed by atoms with E-state index in [9.17, 15) is 0 Å². The van der Waals surface area contributed by atoms with Gasteiger partial charge in [0.1, 0.15) is 29.9 Å². The zero-order chi connectivity index (χ0) is 28.6. The van der Waals surface area contributed by atoms with Crippen LogP contribution in [-0.2, 0) is 13.6 Å². The minimum Gasteiger partial charge on any atom is -0.414 e. The van der Waals surface area contributed by atoms with Crippen molar-refractivity contribution in [2.45, 2.75) is 103 Å². The van der Waals surface area contributed by atoms with Gasteiger partial charge in [0.05, 0.1) is 19.0 Å². The molecule has 3 heterocycles. The van der Waals surface area contributed by atoms with E-state index in [1.54, 1.807) is 12.7 Å². The Morgan fingerprint density at radius 2 is 1.59 bits per heavy atom. The van der Waals surface area contributed by atoms with Crippen LogP contribution in [0.4, 0.5) is 0 Å². The molecule has 0 bridgehead atoms. The molecule has 0 saturated carbocycles. The standard InChI is InChI=1S/C30H44N4O3Si2/c1-29(2,3)38(7,8)35-19-25-24(37-39(9,10)30(4,5)6)18-26(36-25)34-21-33-27-23(31-20-32-28(27)34)17-16-22-14-12-11-13-15-22/h11-15,20-21,24-26H,18-19H2,1-10H3. The average Bonchev–Trinajstić information content (AvgIpc) is 3.44. The highest BCUT2D eigenvalue weighted by Crippen LogP contribution is 2.42. The second-order valence-corrected chi connectivity index (χ2v) is 23.1. The highest BCUT2D eigenvalue weighted by atomic mass is 28.4. The highest BCUT2D eigenvalue weighted by Gasteiger charge is 2.46. The summed E-state index contributed by atoms with van der Waals surface area (Å²) >= 11 is 0. The number of nitrogens with zero attached hydrogens (tertiary/aromatic N) is 4. The van der Waals surface area contributed by atoms with E-state index in [2.05, 4.69) is 94.5 Å². The van der Waals surface area contributed by atoms with Crippen LogP contribution in [0.3, 0.4) is 0 Å². The first kappa shape index (κ1) is 29.6. The van der Waals surface area contributed by atoms with Crippen LogP contribution < -0.4 is 0 Å². The fourth-order valence-corrected chi connectivity index (χ4v) is 6.39. The fraction of sp³-hybridized carbons (Fsp3) is 0.567. The molecule has 2 aromatic heterocycles. The molecule has 210 valence electrons. The molecule has 1 aliphatic rings. The number of aromatic nitrogens is 4. The monoisotopic (exact) mass is 564 g/mol. The van der Waals surface area contributed by atoms with Crippen molar-refractivity contribution in [3.63, 3.8) is 0 Å². The van der Waals surface area contributed by atoms with Crippen molar-refractivity contribution >= 4 is 27.8 Å². The van der Waals surface area contributed by atoms with Crippen LogP contribution in [0.2, 0.25) is 36.3 Å². The van der Waals surface area contributed by atoms with Gasteiger partial charge in [0, 0.05) is 12.0 Å². The summed E-state index contributed by atoms with van der Waals surface area (Å²) in [7, 11) is -3.99. The molecule has 3 unspecified atom stereocenters. The number of ether oxygens (including phenoxy) is 1. The van der Waals surface area contributed by atoms with Crippen LogP contribution in [0, 0.1) is 11.8 Å². The summed E-state index contributed by atoms with van der Waals surface area (Å²) < 4.78 is 22.3. The van der Waals surface area contributed by atoms with Crippen molar-refractivity contribution in [3.05, 3.63) is 54.2 Å². The van der Waals surface area contributed by atoms with Gasteiger partial charge in [-0.05, 0) is 54.3 Å². The maximum atomic E-state index is 6.94. The Bertz CT molecular complexity index is 1350. The molecule has 3 atom stereocenters. The predicted molar refractivity (Wildman–Crippen MR) is 161 cm³/mol. The number of fused-ring (bicyclic) bond motifs is 1. The maximum absolute atomic E-state index is 6.94. The Balaban J connectivity index is 1.62. The maximum Gasteiger partial charge on any atom is 0.192 e. The van der Waals surface area contributed by atoms with Crippen LogP contribution >= 0.6 is 0 Å². The topological polar surface area (TPSA) is 71.3 Å². The Labute approximate surface area is 236 Å². The molecule has 9 heteroatoms. The molecule has 0 N–H and O–H groups in total. The molecule has 1 fully saturated rings. The van der Waals surface area contributed by atoms with Crippen LogP contribution in [0.1, 0.15) is 65.4 Å². The van der Waals surface area contributed by atoms with E-state index < -0.39 is 16.6 Å². The third kappa shape index (κ3) is 6.52. The zero-order valence-electron chi connectivity index (χ0n) is 25.2. The lowest BCUT2D eigenvalue weighted by atomic mass is 10.2. The number of imidazole rings is 1. The number of rotatable bonds is 6. The van der Waals surface area contributed by atoms with Gasteiger partial charge in [-0.1, -0.05) is 65.7 Å². The predicted octanol–water partition coefficient (Wildman–Crippen LogP) is 6.93. The van der Waals surface area contributed by atoms with Crippen molar-refractivity contribution in [2.24, 2.45) is 0 Å². The zero-order valence-corrected chi connectivity index (χ0v) is 27.2. The van der Waals surface area contributed by atoms with E-state index in [4.69, 9.17) is 13.6 Å². The van der Waals surface area contributed by atoms with Gasteiger partial charge in [0.15, 0.2) is 22.3 Å². The third-order valence-corrected chi connectivity index (χ3v) is 17.6. The molecular formula is C30H44N4O3Si2. The van der Waals surface area contributed by atoms with Gasteiger partial charge >= 0.3 is 0 Å². The lowest BCUT2D eigenvalue weighted by molar-refractivity contribution is -0.0383. The van der Waals surface area contributed by atoms with E-state index in [0.29, 0.717) is 29.9 Å². The quantitative estimate of drug-likeness (QED) is 0.239.